The molecular weight excluding hydrogens is 349 g/mol. The Morgan fingerprint density at radius 1 is 1.27 bits per heavy atom. The molecule has 2 N–H and O–H groups in total. The van der Waals surface area contributed by atoms with Crippen molar-refractivity contribution < 1.29 is 22.4 Å². The maximum atomic E-state index is 13.1. The minimum Gasteiger partial charge on any atom is -0.323 e. The van der Waals surface area contributed by atoms with Gasteiger partial charge in [0.25, 0.3) is 0 Å². The van der Waals surface area contributed by atoms with Crippen molar-refractivity contribution in [2.75, 3.05) is 5.84 Å². The van der Waals surface area contributed by atoms with Crippen LogP contribution in [-0.2, 0) is 12.6 Å². The summed E-state index contributed by atoms with van der Waals surface area (Å²) in [5.74, 6) is 3.52. The summed E-state index contributed by atoms with van der Waals surface area (Å²) >= 11 is 11.4. The van der Waals surface area contributed by atoms with Crippen LogP contribution in [0.3, 0.4) is 0 Å². The number of hydrogen-bond donors (Lipinski definition) is 1. The third kappa shape index (κ3) is 3.17. The summed E-state index contributed by atoms with van der Waals surface area (Å²) in [4.78, 5) is 12.3. The van der Waals surface area contributed by atoms with Gasteiger partial charge in [-0.05, 0) is 12.1 Å². The number of nitrogens with zero attached hydrogens (tertiary/aromatic N) is 2. The van der Waals surface area contributed by atoms with Gasteiger partial charge in [0, 0.05) is 12.0 Å². The highest BCUT2D eigenvalue weighted by Crippen LogP contribution is 2.33. The number of halogens is 6. The molecule has 2 aromatic rings. The molecule has 118 valence electrons. The molecule has 1 aromatic heterocycles. The fourth-order valence-electron chi connectivity index (χ4n) is 1.91. The van der Waals surface area contributed by atoms with Crippen molar-refractivity contribution >= 4 is 29.0 Å². The number of hydrogen-bond acceptors (Lipinski definition) is 3. The molecule has 0 radical (unpaired) electrons. The van der Waals surface area contributed by atoms with E-state index in [1.54, 1.807) is 0 Å². The molecule has 0 saturated carbocycles. The minimum atomic E-state index is -4.78. The number of aromatic nitrogens is 2. The van der Waals surface area contributed by atoms with Gasteiger partial charge in [0.2, 0.25) is 0 Å². The van der Waals surface area contributed by atoms with E-state index in [0.717, 1.165) is 18.3 Å². The second-order valence-corrected chi connectivity index (χ2v) is 5.12. The van der Waals surface area contributed by atoms with E-state index in [1.807, 2.05) is 0 Å². The van der Waals surface area contributed by atoms with E-state index < -0.39 is 35.5 Å². The fourth-order valence-corrected chi connectivity index (χ4v) is 2.58. The first kappa shape index (κ1) is 16.6. The van der Waals surface area contributed by atoms with Gasteiger partial charge >= 0.3 is 6.18 Å². The summed E-state index contributed by atoms with van der Waals surface area (Å²) in [7, 11) is 0. The minimum absolute atomic E-state index is 0.135. The summed E-state index contributed by atoms with van der Waals surface area (Å²) in [6.45, 7) is 0. The zero-order valence-corrected chi connectivity index (χ0v) is 12.1. The number of alkyl halides is 3. The van der Waals surface area contributed by atoms with Gasteiger partial charge in [0.1, 0.15) is 5.82 Å². The number of carbonyl (C=O) groups is 1. The molecule has 0 aliphatic carbocycles. The quantitative estimate of drug-likeness (QED) is 0.520. The van der Waals surface area contributed by atoms with E-state index in [4.69, 9.17) is 29.0 Å². The van der Waals surface area contributed by atoms with Gasteiger partial charge in [0.15, 0.2) is 11.5 Å². The average Bonchev–Trinajstić information content (AvgIpc) is 2.68. The smallest absolute Gasteiger partial charge is 0.323 e. The molecule has 0 amide bonds. The van der Waals surface area contributed by atoms with Crippen molar-refractivity contribution in [3.05, 3.63) is 51.0 Å². The van der Waals surface area contributed by atoms with Crippen LogP contribution in [-0.4, -0.2) is 15.7 Å². The Morgan fingerprint density at radius 2 is 1.82 bits per heavy atom. The van der Waals surface area contributed by atoms with Crippen LogP contribution in [0.25, 0.3) is 0 Å². The molecule has 0 unspecified atom stereocenters. The molecular formula is C12H7Cl2F4N3O. The van der Waals surface area contributed by atoms with Crippen molar-refractivity contribution in [1.29, 1.82) is 0 Å². The predicted molar refractivity (Wildman–Crippen MR) is 71.8 cm³/mol. The average molecular weight is 356 g/mol. The monoisotopic (exact) mass is 355 g/mol. The third-order valence-corrected chi connectivity index (χ3v) is 3.37. The Morgan fingerprint density at radius 3 is 2.32 bits per heavy atom. The van der Waals surface area contributed by atoms with E-state index in [-0.39, 0.29) is 20.4 Å². The summed E-state index contributed by atoms with van der Waals surface area (Å²) in [5.41, 5.74) is -1.95. The molecule has 22 heavy (non-hydrogen) atoms. The van der Waals surface area contributed by atoms with Crippen molar-refractivity contribution in [1.82, 2.24) is 9.89 Å². The van der Waals surface area contributed by atoms with Crippen LogP contribution in [0.4, 0.5) is 17.6 Å². The number of rotatable bonds is 3. The zero-order valence-electron chi connectivity index (χ0n) is 10.6. The molecule has 4 nitrogen and oxygen atoms in total. The number of Topliss-reactive ketones (excluding diaryl/α,β-unsaturated/α-hetero) is 1. The van der Waals surface area contributed by atoms with Crippen LogP contribution in [0.2, 0.25) is 10.0 Å². The maximum Gasteiger partial charge on any atom is 0.435 e. The van der Waals surface area contributed by atoms with Gasteiger partial charge in [0.05, 0.1) is 21.8 Å². The Bertz CT molecular complexity index is 719. The van der Waals surface area contributed by atoms with Crippen LogP contribution in [0.15, 0.2) is 18.3 Å². The number of nitrogens with two attached hydrogens (primary N) is 1. The van der Waals surface area contributed by atoms with Gasteiger partial charge < -0.3 is 5.84 Å². The molecule has 0 spiro atoms. The molecule has 2 rings (SSSR count). The van der Waals surface area contributed by atoms with E-state index >= 15 is 0 Å². The van der Waals surface area contributed by atoms with Crippen molar-refractivity contribution in [2.45, 2.75) is 12.6 Å². The third-order valence-electron chi connectivity index (χ3n) is 2.78. The first-order valence-corrected chi connectivity index (χ1v) is 6.43. The van der Waals surface area contributed by atoms with Crippen LogP contribution in [0, 0.1) is 5.82 Å². The molecule has 0 saturated heterocycles. The lowest BCUT2D eigenvalue weighted by Crippen LogP contribution is -2.22. The Hall–Kier alpha value is -1.80. The summed E-state index contributed by atoms with van der Waals surface area (Å²) in [5, 5.41) is 2.71. The number of ketones is 1. The van der Waals surface area contributed by atoms with Crippen LogP contribution < -0.4 is 5.84 Å². The highest BCUT2D eigenvalue weighted by molar-refractivity contribution is 6.39. The van der Waals surface area contributed by atoms with Crippen molar-refractivity contribution in [3.63, 3.8) is 0 Å². The molecule has 1 aromatic carbocycles. The molecule has 10 heteroatoms. The Balaban J connectivity index is 2.39. The van der Waals surface area contributed by atoms with Gasteiger partial charge in [-0.3, -0.25) is 4.79 Å². The van der Waals surface area contributed by atoms with E-state index in [2.05, 4.69) is 5.10 Å². The largest absolute Gasteiger partial charge is 0.435 e. The van der Waals surface area contributed by atoms with E-state index in [0.29, 0.717) is 0 Å². The van der Waals surface area contributed by atoms with Crippen LogP contribution >= 0.6 is 23.2 Å². The van der Waals surface area contributed by atoms with Gasteiger partial charge in [-0.25, -0.2) is 4.39 Å². The van der Waals surface area contributed by atoms with Crippen LogP contribution in [0.1, 0.15) is 21.6 Å². The van der Waals surface area contributed by atoms with Gasteiger partial charge in [-0.15, -0.1) is 0 Å². The zero-order chi connectivity index (χ0) is 16.7. The van der Waals surface area contributed by atoms with Crippen molar-refractivity contribution in [2.24, 2.45) is 0 Å². The molecule has 0 fully saturated rings. The number of benzene rings is 1. The molecule has 0 bridgehead atoms. The van der Waals surface area contributed by atoms with Gasteiger partial charge in [-0.1, -0.05) is 23.2 Å². The molecule has 0 atom stereocenters. The maximum absolute atomic E-state index is 13.1. The predicted octanol–water partition coefficient (Wildman–Crippen LogP) is 3.49. The lowest BCUT2D eigenvalue weighted by molar-refractivity contribution is -0.143. The highest BCUT2D eigenvalue weighted by atomic mass is 35.5. The first-order chi connectivity index (χ1) is 10.1. The number of nitrogen functional groups attached to an aromatic ring is 1. The normalized spacial score (nSPS) is 11.7. The first-order valence-electron chi connectivity index (χ1n) is 5.68. The van der Waals surface area contributed by atoms with Gasteiger partial charge in [-0.2, -0.15) is 23.1 Å². The summed E-state index contributed by atoms with van der Waals surface area (Å²) in [6, 6.07) is 1.69. The second kappa shape index (κ2) is 5.77. The summed E-state index contributed by atoms with van der Waals surface area (Å²) in [6.07, 6.45) is -4.64. The Kier molecular flexibility index (Phi) is 4.35. The number of carbonyl (C=O) groups excluding carboxylic acids is 1. The van der Waals surface area contributed by atoms with Crippen LogP contribution in [0.5, 0.6) is 0 Å². The topological polar surface area (TPSA) is 60.9 Å². The van der Waals surface area contributed by atoms with E-state index in [1.165, 1.54) is 0 Å². The molecule has 0 aliphatic heterocycles. The second-order valence-electron chi connectivity index (χ2n) is 4.31. The standard InChI is InChI=1S/C12H7Cl2F4N3O/c13-7-2-6(15)3-8(14)10(7)9(22)1-5-4-20-21(19)11(5)12(16,17)18/h2-4H,1,19H2. The lowest BCUT2D eigenvalue weighted by atomic mass is 10.0. The van der Waals surface area contributed by atoms with E-state index in [9.17, 15) is 22.4 Å². The SMILES string of the molecule is Nn1ncc(CC(=O)c2c(Cl)cc(F)cc2Cl)c1C(F)(F)F. The molecule has 1 heterocycles. The van der Waals surface area contributed by atoms with Crippen molar-refractivity contribution in [3.8, 4) is 0 Å². The Labute approximate surface area is 131 Å². The lowest BCUT2D eigenvalue weighted by Gasteiger charge is -2.10. The molecule has 0 aliphatic rings. The summed E-state index contributed by atoms with van der Waals surface area (Å²) < 4.78 is 51.6. The highest BCUT2D eigenvalue weighted by Gasteiger charge is 2.38. The fraction of sp³-hybridized carbons (Fsp3) is 0.167.